The Kier molecular flexibility index (Phi) is 10.3. The minimum absolute atomic E-state index is 0.0202. The molecular weight excluding hydrogens is 643 g/mol. The Morgan fingerprint density at radius 1 is 0.979 bits per heavy atom. The molecule has 3 aromatic rings. The van der Waals surface area contributed by atoms with Gasteiger partial charge >= 0.3 is 24.1 Å². The fraction of sp³-hybridized carbons (Fsp3) is 0.419. The predicted molar refractivity (Wildman–Crippen MR) is 165 cm³/mol. The number of aromatic nitrogens is 3. The molecule has 0 spiro atoms. The first-order valence-corrected chi connectivity index (χ1v) is 15.4. The van der Waals surface area contributed by atoms with E-state index in [9.17, 15) is 27.6 Å². The number of halogens is 4. The molecule has 5 rings (SSSR count). The summed E-state index contributed by atoms with van der Waals surface area (Å²) in [5.41, 5.74) is 1.22. The Balaban J connectivity index is 1.22. The summed E-state index contributed by atoms with van der Waals surface area (Å²) in [6.07, 6.45) is -0.806. The van der Waals surface area contributed by atoms with Crippen LogP contribution in [0.3, 0.4) is 0 Å². The number of nitrogens with one attached hydrogen (secondary N) is 4. The lowest BCUT2D eigenvalue weighted by molar-refractivity contribution is -0.155. The zero-order chi connectivity index (χ0) is 33.6. The number of rotatable bonds is 12. The number of ether oxygens (including phenoxy) is 2. The molecule has 2 fully saturated rings. The second kappa shape index (κ2) is 14.4. The number of amides is 2. The number of alkyl halides is 3. The van der Waals surface area contributed by atoms with Gasteiger partial charge in [-0.25, -0.2) is 4.79 Å². The van der Waals surface area contributed by atoms with E-state index < -0.39 is 36.2 Å². The van der Waals surface area contributed by atoms with Crippen LogP contribution < -0.4 is 26.0 Å². The van der Waals surface area contributed by atoms with E-state index in [0.717, 1.165) is 31.2 Å². The summed E-state index contributed by atoms with van der Waals surface area (Å²) in [4.78, 5) is 49.0. The van der Waals surface area contributed by atoms with Gasteiger partial charge < -0.3 is 30.7 Å². The molecule has 2 unspecified atom stereocenters. The fourth-order valence-electron chi connectivity index (χ4n) is 5.33. The normalized spacial score (nSPS) is 18.1. The third-order valence-electron chi connectivity index (χ3n) is 7.84. The smallest absolute Gasteiger partial charge is 0.422 e. The second-order valence-electron chi connectivity index (χ2n) is 11.3. The first kappa shape index (κ1) is 33.7. The minimum atomic E-state index is -4.60. The van der Waals surface area contributed by atoms with Crippen molar-refractivity contribution in [3.8, 4) is 6.01 Å². The van der Waals surface area contributed by atoms with Crippen molar-refractivity contribution in [3.63, 3.8) is 0 Å². The molecule has 250 valence electrons. The SMILES string of the molecule is CCOC(=O)C(=O)NC1CCCC1CNC(=O)c1ccc(Nc2nc(NC3(c4ccc(Cl)cc4)CC3)nc(OCC(F)(F)F)n2)cc1. The topological polar surface area (TPSA) is 156 Å². The first-order valence-electron chi connectivity index (χ1n) is 15.1. The lowest BCUT2D eigenvalue weighted by atomic mass is 10.0. The summed E-state index contributed by atoms with van der Waals surface area (Å²) in [5.74, 6) is -2.17. The van der Waals surface area contributed by atoms with Crippen LogP contribution in [0, 0.1) is 5.92 Å². The zero-order valence-electron chi connectivity index (χ0n) is 25.3. The Labute approximate surface area is 273 Å². The maximum Gasteiger partial charge on any atom is 0.422 e. The van der Waals surface area contributed by atoms with Crippen LogP contribution in [-0.4, -0.2) is 64.7 Å². The molecule has 1 aromatic heterocycles. The Bertz CT molecular complexity index is 1590. The second-order valence-corrected chi connectivity index (χ2v) is 11.7. The van der Waals surface area contributed by atoms with Crippen LogP contribution in [0.15, 0.2) is 48.5 Å². The van der Waals surface area contributed by atoms with Gasteiger partial charge in [0.15, 0.2) is 6.61 Å². The molecule has 0 radical (unpaired) electrons. The Morgan fingerprint density at radius 3 is 2.34 bits per heavy atom. The van der Waals surface area contributed by atoms with E-state index in [0.29, 0.717) is 29.2 Å². The number of hydrogen-bond acceptors (Lipinski definition) is 10. The number of hydrogen-bond donors (Lipinski definition) is 4. The summed E-state index contributed by atoms with van der Waals surface area (Å²) >= 11 is 6.02. The van der Waals surface area contributed by atoms with Crippen molar-refractivity contribution in [1.29, 1.82) is 0 Å². The molecule has 2 aliphatic carbocycles. The maximum absolute atomic E-state index is 12.9. The molecule has 2 aliphatic rings. The van der Waals surface area contributed by atoms with E-state index in [2.05, 4.69) is 36.2 Å². The molecule has 0 bridgehead atoms. The maximum atomic E-state index is 12.9. The number of benzene rings is 2. The van der Waals surface area contributed by atoms with Crippen LogP contribution in [0.2, 0.25) is 5.02 Å². The van der Waals surface area contributed by atoms with E-state index in [1.807, 2.05) is 12.1 Å². The third kappa shape index (κ3) is 9.21. The van der Waals surface area contributed by atoms with Crippen molar-refractivity contribution in [2.45, 2.75) is 56.8 Å². The van der Waals surface area contributed by atoms with Crippen molar-refractivity contribution >= 4 is 47.0 Å². The van der Waals surface area contributed by atoms with Crippen molar-refractivity contribution in [3.05, 3.63) is 64.7 Å². The monoisotopic (exact) mass is 675 g/mol. The van der Waals surface area contributed by atoms with Gasteiger partial charge in [0.2, 0.25) is 11.9 Å². The molecule has 0 saturated heterocycles. The van der Waals surface area contributed by atoms with Crippen LogP contribution in [0.1, 0.15) is 54.9 Å². The molecule has 12 nitrogen and oxygen atoms in total. The van der Waals surface area contributed by atoms with E-state index in [1.165, 1.54) is 0 Å². The highest BCUT2D eigenvalue weighted by Gasteiger charge is 2.45. The number of carbonyl (C=O) groups is 3. The molecule has 2 atom stereocenters. The van der Waals surface area contributed by atoms with E-state index in [1.54, 1.807) is 43.3 Å². The molecule has 4 N–H and O–H groups in total. The van der Waals surface area contributed by atoms with Gasteiger partial charge in [-0.2, -0.15) is 28.1 Å². The summed E-state index contributed by atoms with van der Waals surface area (Å²) in [6, 6.07) is 12.8. The van der Waals surface area contributed by atoms with Gasteiger partial charge in [-0.15, -0.1) is 0 Å². The average molecular weight is 676 g/mol. The first-order chi connectivity index (χ1) is 22.4. The summed E-state index contributed by atoms with van der Waals surface area (Å²) in [7, 11) is 0. The minimum Gasteiger partial charge on any atom is -0.459 e. The van der Waals surface area contributed by atoms with Crippen LogP contribution >= 0.6 is 11.6 Å². The molecule has 47 heavy (non-hydrogen) atoms. The number of nitrogens with zero attached hydrogens (tertiary/aromatic N) is 3. The van der Waals surface area contributed by atoms with E-state index >= 15 is 0 Å². The molecule has 2 amide bonds. The van der Waals surface area contributed by atoms with Crippen molar-refractivity contribution in [1.82, 2.24) is 25.6 Å². The van der Waals surface area contributed by atoms with Gasteiger partial charge in [0, 0.05) is 28.9 Å². The van der Waals surface area contributed by atoms with Crippen LogP contribution in [-0.2, 0) is 19.9 Å². The fourth-order valence-corrected chi connectivity index (χ4v) is 5.45. The van der Waals surface area contributed by atoms with Crippen molar-refractivity contribution < 1.29 is 37.0 Å². The molecule has 2 aromatic carbocycles. The third-order valence-corrected chi connectivity index (χ3v) is 8.09. The van der Waals surface area contributed by atoms with Crippen LogP contribution in [0.25, 0.3) is 0 Å². The van der Waals surface area contributed by atoms with Gasteiger partial charge in [-0.1, -0.05) is 30.2 Å². The van der Waals surface area contributed by atoms with Gasteiger partial charge in [0.1, 0.15) is 0 Å². The number of esters is 1. The van der Waals surface area contributed by atoms with Gasteiger partial charge in [0.25, 0.3) is 5.91 Å². The molecule has 1 heterocycles. The van der Waals surface area contributed by atoms with Crippen LogP contribution in [0.4, 0.5) is 30.8 Å². The summed E-state index contributed by atoms with van der Waals surface area (Å²) in [6.45, 7) is 0.429. The standard InChI is InChI=1S/C31H33ClF3N7O5/c1-2-46-26(45)25(44)38-23-5-3-4-19(23)16-36-24(43)18-6-12-22(13-7-18)37-27-39-28(41-29(40-27)47-17-31(33,34)35)42-30(14-15-30)20-8-10-21(32)11-9-20/h6-13,19,23H,2-5,14-17H2,1H3,(H,36,43)(H,38,44)(H2,37,39,40,41,42). The van der Waals surface area contributed by atoms with Crippen LogP contribution in [0.5, 0.6) is 6.01 Å². The number of carbonyl (C=O) groups excluding carboxylic acids is 3. The highest BCUT2D eigenvalue weighted by atomic mass is 35.5. The summed E-state index contributed by atoms with van der Waals surface area (Å²) in [5, 5.41) is 12.3. The predicted octanol–water partition coefficient (Wildman–Crippen LogP) is 4.89. The largest absolute Gasteiger partial charge is 0.459 e. The van der Waals surface area contributed by atoms with E-state index in [4.69, 9.17) is 21.1 Å². The average Bonchev–Trinajstić information content (AvgIpc) is 3.68. The summed E-state index contributed by atoms with van der Waals surface area (Å²) < 4.78 is 48.2. The Morgan fingerprint density at radius 2 is 1.68 bits per heavy atom. The van der Waals surface area contributed by atoms with Gasteiger partial charge in [0.05, 0.1) is 12.1 Å². The van der Waals surface area contributed by atoms with E-state index in [-0.39, 0.29) is 36.4 Å². The Hall–Kier alpha value is -4.66. The quantitative estimate of drug-likeness (QED) is 0.154. The highest BCUT2D eigenvalue weighted by Crippen LogP contribution is 2.48. The lowest BCUT2D eigenvalue weighted by Gasteiger charge is -2.21. The van der Waals surface area contributed by atoms with Gasteiger partial charge in [-0.3, -0.25) is 9.59 Å². The lowest BCUT2D eigenvalue weighted by Crippen LogP contribution is -2.45. The van der Waals surface area contributed by atoms with Crippen molar-refractivity contribution in [2.24, 2.45) is 5.92 Å². The zero-order valence-corrected chi connectivity index (χ0v) is 26.1. The molecule has 16 heteroatoms. The number of anilines is 3. The molecule has 0 aliphatic heterocycles. The van der Waals surface area contributed by atoms with Crippen molar-refractivity contribution in [2.75, 3.05) is 30.4 Å². The molecular formula is C31H33ClF3N7O5. The van der Waals surface area contributed by atoms with Gasteiger partial charge in [-0.05, 0) is 80.5 Å². The molecule has 2 saturated carbocycles. The highest BCUT2D eigenvalue weighted by molar-refractivity contribution is 6.32.